The van der Waals surface area contributed by atoms with Crippen LogP contribution in [0, 0.1) is 18.6 Å². The predicted molar refractivity (Wildman–Crippen MR) is 118 cm³/mol. The Labute approximate surface area is 183 Å². The fraction of sp³-hybridized carbons (Fsp3) is 0.381. The molecule has 9 nitrogen and oxygen atoms in total. The van der Waals surface area contributed by atoms with Crippen LogP contribution in [0.3, 0.4) is 0 Å². The van der Waals surface area contributed by atoms with E-state index in [2.05, 4.69) is 31.2 Å². The number of nitrogens with two attached hydrogens (primary N) is 1. The van der Waals surface area contributed by atoms with Crippen molar-refractivity contribution >= 4 is 17.5 Å². The van der Waals surface area contributed by atoms with Gasteiger partial charge in [0.2, 0.25) is 5.79 Å². The molecule has 1 aromatic carbocycles. The molecule has 1 aromatic heterocycles. The molecule has 0 radical (unpaired) electrons. The molecule has 0 bridgehead atoms. The number of benzene rings is 1. The molecule has 0 aliphatic carbocycles. The van der Waals surface area contributed by atoms with Crippen LogP contribution in [0.4, 0.5) is 14.6 Å². The fourth-order valence-corrected chi connectivity index (χ4v) is 4.21. The van der Waals surface area contributed by atoms with Gasteiger partial charge in [-0.25, -0.2) is 18.8 Å². The second-order valence-corrected chi connectivity index (χ2v) is 8.29. The third-order valence-electron chi connectivity index (χ3n) is 5.77. The van der Waals surface area contributed by atoms with E-state index in [0.29, 0.717) is 17.5 Å². The number of aromatic nitrogens is 2. The minimum atomic E-state index is -1.48. The molecule has 2 aromatic rings. The molecule has 1 unspecified atom stereocenters. The lowest BCUT2D eigenvalue weighted by atomic mass is 10.0. The number of hydrogen-bond donors (Lipinski definition) is 5. The second kappa shape index (κ2) is 7.99. The molecule has 0 saturated carbocycles. The number of nitrogens with zero attached hydrogens (tertiary/aromatic N) is 4. The Morgan fingerprint density at radius 1 is 1.22 bits per heavy atom. The van der Waals surface area contributed by atoms with E-state index in [-0.39, 0.29) is 18.0 Å². The summed E-state index contributed by atoms with van der Waals surface area (Å²) < 4.78 is 27.8. The average Bonchev–Trinajstić information content (AvgIpc) is 3.36. The van der Waals surface area contributed by atoms with E-state index in [1.165, 1.54) is 12.1 Å². The molecule has 0 spiro atoms. The van der Waals surface area contributed by atoms with Crippen molar-refractivity contribution < 1.29 is 8.78 Å². The van der Waals surface area contributed by atoms with Crippen molar-refractivity contribution in [3.05, 3.63) is 58.9 Å². The highest BCUT2D eigenvalue weighted by Crippen LogP contribution is 2.29. The van der Waals surface area contributed by atoms with E-state index in [9.17, 15) is 8.78 Å². The molecule has 5 rings (SSSR count). The lowest BCUT2D eigenvalue weighted by Crippen LogP contribution is -2.53. The number of fused-ring (bicyclic) bond motifs is 1. The van der Waals surface area contributed by atoms with Gasteiger partial charge in [-0.05, 0) is 44.5 Å². The fourth-order valence-electron chi connectivity index (χ4n) is 4.21. The largest absolute Gasteiger partial charge is 0.323 e. The molecule has 11 heteroatoms. The lowest BCUT2D eigenvalue weighted by Gasteiger charge is -2.36. The SMILES string of the molecule is Cc1cc(NC2=NC(N)(Cc3ccc(F)cc3F)N=C3C2=CNN3C2CCNCC2)n[nH]1. The number of aliphatic imine (C=N–C) groups is 2. The average molecular weight is 441 g/mol. The first-order chi connectivity index (χ1) is 15.4. The van der Waals surface area contributed by atoms with Crippen LogP contribution in [-0.4, -0.2) is 51.8 Å². The molecular formula is C21H25F2N9. The summed E-state index contributed by atoms with van der Waals surface area (Å²) in [6, 6.07) is 5.49. The monoisotopic (exact) mass is 441 g/mol. The maximum atomic E-state index is 14.4. The summed E-state index contributed by atoms with van der Waals surface area (Å²) in [4.78, 5) is 9.37. The summed E-state index contributed by atoms with van der Waals surface area (Å²) in [5.74, 6) is -1.09. The third-order valence-corrected chi connectivity index (χ3v) is 5.77. The van der Waals surface area contributed by atoms with Crippen LogP contribution in [0.25, 0.3) is 0 Å². The van der Waals surface area contributed by atoms with Crippen LogP contribution < -0.4 is 21.8 Å². The minimum absolute atomic E-state index is 0.0271. The zero-order valence-electron chi connectivity index (χ0n) is 17.6. The van der Waals surface area contributed by atoms with E-state index in [1.54, 1.807) is 0 Å². The van der Waals surface area contributed by atoms with Gasteiger partial charge in [-0.15, -0.1) is 0 Å². The van der Waals surface area contributed by atoms with Crippen LogP contribution in [0.1, 0.15) is 24.1 Å². The number of aryl methyl sites for hydroxylation is 1. The highest BCUT2D eigenvalue weighted by atomic mass is 19.1. The first kappa shape index (κ1) is 20.6. The zero-order valence-corrected chi connectivity index (χ0v) is 17.6. The van der Waals surface area contributed by atoms with Gasteiger partial charge < -0.3 is 16.1 Å². The highest BCUT2D eigenvalue weighted by Gasteiger charge is 2.40. The molecule has 0 amide bonds. The van der Waals surface area contributed by atoms with Crippen LogP contribution in [0.2, 0.25) is 0 Å². The van der Waals surface area contributed by atoms with E-state index >= 15 is 0 Å². The van der Waals surface area contributed by atoms with Crippen LogP contribution in [0.15, 0.2) is 46.0 Å². The number of anilines is 1. The van der Waals surface area contributed by atoms with Gasteiger partial charge >= 0.3 is 0 Å². The number of amidine groups is 2. The van der Waals surface area contributed by atoms with Crippen molar-refractivity contribution in [2.24, 2.45) is 15.7 Å². The molecule has 1 atom stereocenters. The Balaban J connectivity index is 1.51. The maximum Gasteiger partial charge on any atom is 0.210 e. The summed E-state index contributed by atoms with van der Waals surface area (Å²) >= 11 is 0. The topological polar surface area (TPSA) is 119 Å². The maximum absolute atomic E-state index is 14.4. The number of rotatable bonds is 4. The first-order valence-electron chi connectivity index (χ1n) is 10.6. The number of hydrogen-bond acceptors (Lipinski definition) is 8. The van der Waals surface area contributed by atoms with E-state index in [1.807, 2.05) is 24.2 Å². The summed E-state index contributed by atoms with van der Waals surface area (Å²) in [5.41, 5.74) is 11.8. The molecule has 3 aliphatic heterocycles. The first-order valence-corrected chi connectivity index (χ1v) is 10.6. The number of H-pyrrole nitrogens is 1. The zero-order chi connectivity index (χ0) is 22.3. The summed E-state index contributed by atoms with van der Waals surface area (Å²) in [6.45, 7) is 3.71. The predicted octanol–water partition coefficient (Wildman–Crippen LogP) is 1.53. The quantitative estimate of drug-likeness (QED) is 0.491. The number of aromatic amines is 1. The van der Waals surface area contributed by atoms with E-state index in [4.69, 9.17) is 10.7 Å². The highest BCUT2D eigenvalue weighted by molar-refractivity contribution is 6.28. The van der Waals surface area contributed by atoms with E-state index < -0.39 is 17.4 Å². The van der Waals surface area contributed by atoms with Gasteiger partial charge in [-0.2, -0.15) is 5.10 Å². The number of hydrazine groups is 1. The minimum Gasteiger partial charge on any atom is -0.323 e. The number of halogens is 2. The van der Waals surface area contributed by atoms with Crippen molar-refractivity contribution in [1.82, 2.24) is 25.9 Å². The molecule has 6 N–H and O–H groups in total. The Morgan fingerprint density at radius 3 is 2.75 bits per heavy atom. The Morgan fingerprint density at radius 2 is 2.03 bits per heavy atom. The molecular weight excluding hydrogens is 416 g/mol. The lowest BCUT2D eigenvalue weighted by molar-refractivity contribution is 0.220. The van der Waals surface area contributed by atoms with Crippen molar-refractivity contribution in [3.8, 4) is 0 Å². The number of piperidine rings is 1. The molecule has 32 heavy (non-hydrogen) atoms. The normalized spacial score (nSPS) is 23.2. The Kier molecular flexibility index (Phi) is 5.14. The van der Waals surface area contributed by atoms with Gasteiger partial charge in [0.05, 0.1) is 11.6 Å². The van der Waals surface area contributed by atoms with Gasteiger partial charge in [0.25, 0.3) is 0 Å². The van der Waals surface area contributed by atoms with E-state index in [0.717, 1.165) is 43.3 Å². The second-order valence-electron chi connectivity index (χ2n) is 8.29. The van der Waals surface area contributed by atoms with Crippen molar-refractivity contribution in [2.75, 3.05) is 18.4 Å². The van der Waals surface area contributed by atoms with Gasteiger partial charge in [0.1, 0.15) is 17.5 Å². The number of nitrogens with one attached hydrogen (secondary N) is 4. The van der Waals surface area contributed by atoms with Crippen LogP contribution in [-0.2, 0) is 6.42 Å². The molecule has 1 saturated heterocycles. The standard InChI is InChI=1S/C21H25F2N9/c1-12-8-18(31-30-12)27-19-16-11-26-32(15-4-6-25-7-5-15)20(16)29-21(24,28-19)10-13-2-3-14(22)9-17(13)23/h2-3,8-9,11,15,25-26H,4-7,10,24H2,1H3,(H2,27,28,30,31). The van der Waals surface area contributed by atoms with Crippen LogP contribution >= 0.6 is 0 Å². The van der Waals surface area contributed by atoms with Gasteiger partial charge in [-0.3, -0.25) is 15.8 Å². The summed E-state index contributed by atoms with van der Waals surface area (Å²) in [7, 11) is 0. The molecule has 4 heterocycles. The summed E-state index contributed by atoms with van der Waals surface area (Å²) in [5, 5.41) is 15.7. The molecule has 1 fully saturated rings. The van der Waals surface area contributed by atoms with Crippen molar-refractivity contribution in [3.63, 3.8) is 0 Å². The van der Waals surface area contributed by atoms with Gasteiger partial charge in [0, 0.05) is 30.4 Å². The Hall–Kier alpha value is -3.31. The molecule has 3 aliphatic rings. The molecule has 168 valence electrons. The van der Waals surface area contributed by atoms with Crippen molar-refractivity contribution in [1.29, 1.82) is 0 Å². The third kappa shape index (κ3) is 3.96. The van der Waals surface area contributed by atoms with Crippen LogP contribution in [0.5, 0.6) is 0 Å². The summed E-state index contributed by atoms with van der Waals surface area (Å²) in [6.07, 6.45) is 3.69. The van der Waals surface area contributed by atoms with Gasteiger partial charge in [-0.1, -0.05) is 6.07 Å². The van der Waals surface area contributed by atoms with Crippen molar-refractivity contribution in [2.45, 2.75) is 38.0 Å². The smallest absolute Gasteiger partial charge is 0.210 e. The van der Waals surface area contributed by atoms with Gasteiger partial charge in [0.15, 0.2) is 11.7 Å². The Bertz CT molecular complexity index is 1120.